The Morgan fingerprint density at radius 2 is 1.81 bits per heavy atom. The summed E-state index contributed by atoms with van der Waals surface area (Å²) in [6.07, 6.45) is 0.891. The second-order valence-electron chi connectivity index (χ2n) is 5.49. The summed E-state index contributed by atoms with van der Waals surface area (Å²) in [5, 5.41) is 2.91. The van der Waals surface area contributed by atoms with E-state index in [4.69, 9.17) is 0 Å². The molecule has 21 heavy (non-hydrogen) atoms. The van der Waals surface area contributed by atoms with Crippen LogP contribution in [-0.2, 0) is 4.79 Å². The molecule has 1 amide bonds. The quantitative estimate of drug-likeness (QED) is 0.869. The first-order chi connectivity index (χ1) is 10.1. The van der Waals surface area contributed by atoms with Crippen molar-refractivity contribution in [2.75, 3.05) is 5.32 Å². The maximum Gasteiger partial charge on any atom is 0.228 e. The predicted molar refractivity (Wildman–Crippen MR) is 82.4 cm³/mol. The van der Waals surface area contributed by atoms with Gasteiger partial charge in [-0.3, -0.25) is 9.59 Å². The minimum Gasteiger partial charge on any atom is -0.326 e. The molecule has 0 saturated heterocycles. The van der Waals surface area contributed by atoms with Gasteiger partial charge >= 0.3 is 0 Å². The Bertz CT molecular complexity index is 679. The summed E-state index contributed by atoms with van der Waals surface area (Å²) in [7, 11) is 0. The molecule has 3 nitrogen and oxygen atoms in total. The summed E-state index contributed by atoms with van der Waals surface area (Å²) in [6.45, 7) is 1.52. The van der Waals surface area contributed by atoms with E-state index in [1.54, 1.807) is 18.2 Å². The van der Waals surface area contributed by atoms with Gasteiger partial charge < -0.3 is 5.32 Å². The van der Waals surface area contributed by atoms with Gasteiger partial charge in [0, 0.05) is 17.2 Å². The van der Waals surface area contributed by atoms with Crippen LogP contribution in [0.25, 0.3) is 0 Å². The van der Waals surface area contributed by atoms with Gasteiger partial charge in [0.2, 0.25) is 5.91 Å². The minimum atomic E-state index is -0.000294. The molecule has 1 saturated carbocycles. The average molecular weight is 279 g/mol. The highest BCUT2D eigenvalue weighted by Gasteiger charge is 2.43. The van der Waals surface area contributed by atoms with Crippen molar-refractivity contribution in [3.05, 3.63) is 65.7 Å². The summed E-state index contributed by atoms with van der Waals surface area (Å²) >= 11 is 0. The van der Waals surface area contributed by atoms with Gasteiger partial charge in [-0.25, -0.2) is 0 Å². The number of rotatable bonds is 4. The van der Waals surface area contributed by atoms with Gasteiger partial charge in [0.15, 0.2) is 5.78 Å². The van der Waals surface area contributed by atoms with Crippen molar-refractivity contribution in [3.63, 3.8) is 0 Å². The van der Waals surface area contributed by atoms with Crippen molar-refractivity contribution in [2.45, 2.75) is 19.3 Å². The lowest BCUT2D eigenvalue weighted by Crippen LogP contribution is -2.14. The summed E-state index contributed by atoms with van der Waals surface area (Å²) in [4.78, 5) is 23.6. The summed E-state index contributed by atoms with van der Waals surface area (Å²) in [5.41, 5.74) is 2.52. The van der Waals surface area contributed by atoms with Crippen LogP contribution in [0.4, 0.5) is 5.69 Å². The molecule has 2 atom stereocenters. The molecule has 2 unspecified atom stereocenters. The second-order valence-corrected chi connectivity index (χ2v) is 5.49. The smallest absolute Gasteiger partial charge is 0.228 e. The first-order valence-electron chi connectivity index (χ1n) is 7.12. The number of anilines is 1. The van der Waals surface area contributed by atoms with Crippen LogP contribution in [0.15, 0.2) is 54.6 Å². The van der Waals surface area contributed by atoms with Crippen LogP contribution in [0.2, 0.25) is 0 Å². The first-order valence-corrected chi connectivity index (χ1v) is 7.12. The van der Waals surface area contributed by atoms with E-state index in [1.807, 2.05) is 24.3 Å². The van der Waals surface area contributed by atoms with Crippen LogP contribution >= 0.6 is 0 Å². The van der Waals surface area contributed by atoms with Gasteiger partial charge in [0.25, 0.3) is 0 Å². The molecule has 2 aromatic carbocycles. The molecule has 0 bridgehead atoms. The largest absolute Gasteiger partial charge is 0.326 e. The average Bonchev–Trinajstić information content (AvgIpc) is 3.29. The molecule has 1 fully saturated rings. The molecule has 2 aromatic rings. The van der Waals surface area contributed by atoms with Gasteiger partial charge in [-0.1, -0.05) is 42.5 Å². The van der Waals surface area contributed by atoms with Crippen LogP contribution in [0.3, 0.4) is 0 Å². The number of amides is 1. The van der Waals surface area contributed by atoms with Crippen molar-refractivity contribution in [1.82, 2.24) is 0 Å². The van der Waals surface area contributed by atoms with Gasteiger partial charge in [0.1, 0.15) is 0 Å². The van der Waals surface area contributed by atoms with Gasteiger partial charge in [0.05, 0.1) is 0 Å². The van der Waals surface area contributed by atoms with Crippen molar-refractivity contribution in [2.24, 2.45) is 5.92 Å². The third kappa shape index (κ3) is 3.02. The summed E-state index contributed by atoms with van der Waals surface area (Å²) < 4.78 is 0. The van der Waals surface area contributed by atoms with E-state index >= 15 is 0 Å². The zero-order chi connectivity index (χ0) is 14.8. The maximum atomic E-state index is 12.2. The van der Waals surface area contributed by atoms with Crippen molar-refractivity contribution >= 4 is 17.4 Å². The van der Waals surface area contributed by atoms with E-state index in [0.717, 1.165) is 6.42 Å². The molecule has 0 spiro atoms. The number of nitrogens with one attached hydrogen (secondary N) is 1. The molecule has 3 rings (SSSR count). The van der Waals surface area contributed by atoms with Crippen LogP contribution in [0.1, 0.15) is 35.2 Å². The van der Waals surface area contributed by atoms with Crippen molar-refractivity contribution in [1.29, 1.82) is 0 Å². The standard InChI is InChI=1S/C18H17NO2/c1-12(20)14-8-5-9-15(10-14)19-18(21)17-11-16(17)13-6-3-2-4-7-13/h2-10,16-17H,11H2,1H3,(H,19,21). The number of hydrogen-bond acceptors (Lipinski definition) is 2. The monoisotopic (exact) mass is 279 g/mol. The molecule has 1 N–H and O–H groups in total. The Kier molecular flexibility index (Phi) is 3.57. The van der Waals surface area contributed by atoms with E-state index in [9.17, 15) is 9.59 Å². The Morgan fingerprint density at radius 3 is 2.52 bits per heavy atom. The van der Waals surface area contributed by atoms with Crippen LogP contribution in [-0.4, -0.2) is 11.7 Å². The van der Waals surface area contributed by atoms with Crippen LogP contribution < -0.4 is 5.32 Å². The zero-order valence-corrected chi connectivity index (χ0v) is 11.9. The normalized spacial score (nSPS) is 19.9. The highest BCUT2D eigenvalue weighted by atomic mass is 16.2. The molecular weight excluding hydrogens is 262 g/mol. The lowest BCUT2D eigenvalue weighted by molar-refractivity contribution is -0.117. The fraction of sp³-hybridized carbons (Fsp3) is 0.222. The highest BCUT2D eigenvalue weighted by Crippen LogP contribution is 2.47. The molecular formula is C18H17NO2. The molecule has 0 heterocycles. The third-order valence-electron chi connectivity index (χ3n) is 3.89. The van der Waals surface area contributed by atoms with Crippen molar-refractivity contribution in [3.8, 4) is 0 Å². The fourth-order valence-electron chi connectivity index (χ4n) is 2.60. The number of carbonyl (C=O) groups is 2. The maximum absolute atomic E-state index is 12.2. The lowest BCUT2D eigenvalue weighted by atomic mass is 10.1. The Balaban J connectivity index is 1.66. The number of Topliss-reactive ketones (excluding diaryl/α,β-unsaturated/α-hetero) is 1. The van der Waals surface area contributed by atoms with E-state index in [2.05, 4.69) is 17.4 Å². The number of hydrogen-bond donors (Lipinski definition) is 1. The molecule has 0 aromatic heterocycles. The summed E-state index contributed by atoms with van der Waals surface area (Å²) in [5.74, 6) is 0.389. The number of benzene rings is 2. The Hall–Kier alpha value is -2.42. The lowest BCUT2D eigenvalue weighted by Gasteiger charge is -2.06. The molecule has 106 valence electrons. The third-order valence-corrected chi connectivity index (χ3v) is 3.89. The van der Waals surface area contributed by atoms with Crippen LogP contribution in [0, 0.1) is 5.92 Å². The molecule has 0 aliphatic heterocycles. The zero-order valence-electron chi connectivity index (χ0n) is 11.9. The summed E-state index contributed by atoms with van der Waals surface area (Å²) in [6, 6.07) is 17.2. The Labute approximate surface area is 124 Å². The molecule has 1 aliphatic carbocycles. The van der Waals surface area contributed by atoms with E-state index < -0.39 is 0 Å². The highest BCUT2D eigenvalue weighted by molar-refractivity contribution is 5.98. The van der Waals surface area contributed by atoms with E-state index in [0.29, 0.717) is 17.2 Å². The fourth-order valence-corrected chi connectivity index (χ4v) is 2.60. The van der Waals surface area contributed by atoms with E-state index in [-0.39, 0.29) is 17.6 Å². The van der Waals surface area contributed by atoms with E-state index in [1.165, 1.54) is 12.5 Å². The van der Waals surface area contributed by atoms with Gasteiger partial charge in [-0.05, 0) is 37.0 Å². The second kappa shape index (κ2) is 5.52. The molecule has 3 heteroatoms. The van der Waals surface area contributed by atoms with Gasteiger partial charge in [-0.2, -0.15) is 0 Å². The molecule has 0 radical (unpaired) electrons. The van der Waals surface area contributed by atoms with Gasteiger partial charge in [-0.15, -0.1) is 0 Å². The number of ketones is 1. The SMILES string of the molecule is CC(=O)c1cccc(NC(=O)C2CC2c2ccccc2)c1. The molecule has 1 aliphatic rings. The topological polar surface area (TPSA) is 46.2 Å². The van der Waals surface area contributed by atoms with Crippen molar-refractivity contribution < 1.29 is 9.59 Å². The first kappa shape index (κ1) is 13.6. The van der Waals surface area contributed by atoms with Crippen LogP contribution in [0.5, 0.6) is 0 Å². The predicted octanol–water partition coefficient (Wildman–Crippen LogP) is 3.63. The Morgan fingerprint density at radius 1 is 1.05 bits per heavy atom. The minimum absolute atomic E-state index is 0.000294. The number of carbonyl (C=O) groups excluding carboxylic acids is 2.